The van der Waals surface area contributed by atoms with Crippen molar-refractivity contribution in [3.05, 3.63) is 0 Å². The SMILES string of the molecule is [Ca+2].[Ca+2].[O-2].[O-2].[O-2].[O-2].[O-2].[O-2].[O-2].[Ta+5].[Ta+5]. The Kier molecular flexibility index (Phi) is 2920. The molecule has 0 amide bonds. The van der Waals surface area contributed by atoms with Crippen LogP contribution in [0.25, 0.3) is 0 Å². The maximum absolute atomic E-state index is 0. The van der Waals surface area contributed by atoms with Gasteiger partial charge in [-0.25, -0.2) is 0 Å². The van der Waals surface area contributed by atoms with Crippen LogP contribution >= 0.6 is 0 Å². The minimum atomic E-state index is 0. The van der Waals surface area contributed by atoms with Crippen LogP contribution in [0, 0.1) is 0 Å². The first-order valence-corrected chi connectivity index (χ1v) is 0. The number of hydrogen-bond acceptors (Lipinski definition) is 0. The van der Waals surface area contributed by atoms with E-state index in [2.05, 4.69) is 0 Å². The van der Waals surface area contributed by atoms with E-state index < -0.39 is 0 Å². The topological polar surface area (TPSA) is 200 Å². The number of hydrogen-bond donors (Lipinski definition) is 0. The Morgan fingerprint density at radius 1 is 0.273 bits per heavy atom. The van der Waals surface area contributed by atoms with Gasteiger partial charge in [-0.2, -0.15) is 0 Å². The molecule has 56 valence electrons. The standard InChI is InChI=1S/2Ca.7O.2Ta/q2*+2;7*-2;2*+5. The van der Waals surface area contributed by atoms with E-state index in [0.29, 0.717) is 0 Å². The van der Waals surface area contributed by atoms with Crippen molar-refractivity contribution in [2.75, 3.05) is 0 Å². The van der Waals surface area contributed by atoms with Gasteiger partial charge in [0.1, 0.15) is 0 Å². The molecular formula is Ca2O7Ta2. The average molecular weight is 554 g/mol. The van der Waals surface area contributed by atoms with Crippen molar-refractivity contribution in [2.24, 2.45) is 0 Å². The van der Waals surface area contributed by atoms with Gasteiger partial charge in [-0.05, 0) is 0 Å². The summed E-state index contributed by atoms with van der Waals surface area (Å²) in [5.74, 6) is 0. The average Bonchev–Trinajstić information content (AvgIpc) is 0. The fourth-order valence-corrected chi connectivity index (χ4v) is 0. The third-order valence-corrected chi connectivity index (χ3v) is 0. The summed E-state index contributed by atoms with van der Waals surface area (Å²) < 4.78 is 0. The Morgan fingerprint density at radius 2 is 0.273 bits per heavy atom. The summed E-state index contributed by atoms with van der Waals surface area (Å²) in [6.07, 6.45) is 0. The molecule has 0 aliphatic carbocycles. The van der Waals surface area contributed by atoms with E-state index in [1.165, 1.54) is 0 Å². The van der Waals surface area contributed by atoms with Crippen LogP contribution < -0.4 is 0 Å². The third kappa shape index (κ3) is 136. The molecule has 0 saturated heterocycles. The molecule has 0 aromatic heterocycles. The van der Waals surface area contributed by atoms with E-state index in [1.807, 2.05) is 0 Å². The summed E-state index contributed by atoms with van der Waals surface area (Å²) in [4.78, 5) is 0. The molecule has 0 heterocycles. The van der Waals surface area contributed by atoms with E-state index in [9.17, 15) is 0 Å². The Morgan fingerprint density at radius 3 is 0.273 bits per heavy atom. The largest absolute Gasteiger partial charge is 5.00 e. The zero-order valence-electron chi connectivity index (χ0n) is 5.17. The van der Waals surface area contributed by atoms with Gasteiger partial charge in [0.05, 0.1) is 0 Å². The summed E-state index contributed by atoms with van der Waals surface area (Å²) in [5.41, 5.74) is 0. The van der Waals surface area contributed by atoms with Gasteiger partial charge in [0.25, 0.3) is 0 Å². The Balaban J connectivity index is 0. The Hall–Kier alpha value is 3.72. The van der Waals surface area contributed by atoms with E-state index >= 15 is 0 Å². The molecular weight excluding hydrogens is 554 g/mol. The second kappa shape index (κ2) is 160. The van der Waals surface area contributed by atoms with Gasteiger partial charge < -0.3 is 38.3 Å². The summed E-state index contributed by atoms with van der Waals surface area (Å²) in [6.45, 7) is 0. The molecule has 0 spiro atoms. The van der Waals surface area contributed by atoms with Crippen LogP contribution in [0.5, 0.6) is 0 Å². The van der Waals surface area contributed by atoms with Gasteiger partial charge in [0, 0.05) is 0 Å². The van der Waals surface area contributed by atoms with E-state index in [-0.39, 0.29) is 159 Å². The Bertz CT molecular complexity index is 14.4. The molecule has 0 aliphatic rings. The van der Waals surface area contributed by atoms with E-state index in [0.717, 1.165) is 0 Å². The van der Waals surface area contributed by atoms with Gasteiger partial charge in [-0.3, -0.25) is 0 Å². The molecule has 11 heteroatoms. The monoisotopic (exact) mass is 554 g/mol. The normalized spacial score (nSPS) is 0. The molecule has 0 aliphatic heterocycles. The van der Waals surface area contributed by atoms with Crippen LogP contribution in [0.3, 0.4) is 0 Å². The molecule has 0 saturated carbocycles. The maximum atomic E-state index is 0. The van der Waals surface area contributed by atoms with Gasteiger partial charge in [-0.1, -0.05) is 0 Å². The first-order chi connectivity index (χ1) is 0. The van der Waals surface area contributed by atoms with Crippen LogP contribution in [0.2, 0.25) is 0 Å². The van der Waals surface area contributed by atoms with Crippen LogP contribution in [-0.4, -0.2) is 75.5 Å². The van der Waals surface area contributed by atoms with Crippen LogP contribution in [0.1, 0.15) is 0 Å². The summed E-state index contributed by atoms with van der Waals surface area (Å²) >= 11 is 0. The van der Waals surface area contributed by atoms with Gasteiger partial charge in [-0.15, -0.1) is 0 Å². The molecule has 0 aromatic carbocycles. The minimum absolute atomic E-state index is 0. The predicted molar refractivity (Wildman–Crippen MR) is 16.3 cm³/mol. The molecule has 11 heavy (non-hydrogen) atoms. The summed E-state index contributed by atoms with van der Waals surface area (Å²) in [5, 5.41) is 0. The number of rotatable bonds is 0. The molecule has 0 N–H and O–H groups in total. The zero-order chi connectivity index (χ0) is 0. The van der Waals surface area contributed by atoms with Gasteiger partial charge in [0.15, 0.2) is 0 Å². The van der Waals surface area contributed by atoms with Gasteiger partial charge in [0.2, 0.25) is 0 Å². The smallest absolute Gasteiger partial charge is 2.00 e. The molecule has 0 radical (unpaired) electrons. The molecule has 7 nitrogen and oxygen atoms in total. The first kappa shape index (κ1) is 200. The van der Waals surface area contributed by atoms with Gasteiger partial charge >= 0.3 is 120 Å². The van der Waals surface area contributed by atoms with E-state index in [1.54, 1.807) is 0 Å². The van der Waals surface area contributed by atoms with Crippen molar-refractivity contribution in [3.8, 4) is 0 Å². The third-order valence-electron chi connectivity index (χ3n) is 0. The second-order valence-corrected chi connectivity index (χ2v) is 0. The molecule has 0 aromatic rings. The molecule has 0 atom stereocenters. The Labute approximate surface area is 155 Å². The maximum Gasteiger partial charge on any atom is 5.00 e. The summed E-state index contributed by atoms with van der Waals surface area (Å²) in [6, 6.07) is 0. The second-order valence-electron chi connectivity index (χ2n) is 0. The minimum Gasteiger partial charge on any atom is -2.00 e. The molecule has 0 fully saturated rings. The first-order valence-electron chi connectivity index (χ1n) is 0. The van der Waals surface area contributed by atoms with Crippen LogP contribution in [0.15, 0.2) is 0 Å². The van der Waals surface area contributed by atoms with Crippen LogP contribution in [0.4, 0.5) is 0 Å². The fraction of sp³-hybridized carbons (Fsp3) is 0. The fourth-order valence-electron chi connectivity index (χ4n) is 0. The molecule has 0 bridgehead atoms. The van der Waals surface area contributed by atoms with Crippen molar-refractivity contribution < 1.29 is 83.1 Å². The van der Waals surface area contributed by atoms with Crippen LogP contribution in [-0.2, 0) is 83.1 Å². The molecule has 0 rings (SSSR count). The van der Waals surface area contributed by atoms with Crippen molar-refractivity contribution in [1.29, 1.82) is 0 Å². The zero-order valence-corrected chi connectivity index (χ0v) is 16.0. The van der Waals surface area contributed by atoms with Crippen molar-refractivity contribution in [3.63, 3.8) is 0 Å². The van der Waals surface area contributed by atoms with E-state index in [4.69, 9.17) is 0 Å². The van der Waals surface area contributed by atoms with Crippen molar-refractivity contribution in [2.45, 2.75) is 0 Å². The quantitative estimate of drug-likeness (QED) is 0.311. The van der Waals surface area contributed by atoms with Crippen molar-refractivity contribution in [1.82, 2.24) is 0 Å². The summed E-state index contributed by atoms with van der Waals surface area (Å²) in [7, 11) is 0. The van der Waals surface area contributed by atoms with Crippen molar-refractivity contribution >= 4 is 75.5 Å². The molecule has 0 unspecified atom stereocenters. The predicted octanol–water partition coefficient (Wildman–Crippen LogP) is -1.60.